The third-order valence-electron chi connectivity index (χ3n) is 4.24. The van der Waals surface area contributed by atoms with Gasteiger partial charge in [-0.1, -0.05) is 18.2 Å². The van der Waals surface area contributed by atoms with Gasteiger partial charge in [-0.3, -0.25) is 15.1 Å². The Morgan fingerprint density at radius 1 is 1.23 bits per heavy atom. The van der Waals surface area contributed by atoms with Crippen LogP contribution in [0.1, 0.15) is 21.6 Å². The molecule has 0 saturated carbocycles. The zero-order valence-corrected chi connectivity index (χ0v) is 14.7. The summed E-state index contributed by atoms with van der Waals surface area (Å²) in [7, 11) is 1.46. The van der Waals surface area contributed by atoms with Gasteiger partial charge in [0.25, 0.3) is 5.91 Å². The number of carbonyl (C=O) groups excluding carboxylic acids is 1. The lowest BCUT2D eigenvalue weighted by Gasteiger charge is -2.12. The van der Waals surface area contributed by atoms with Crippen LogP contribution in [0.15, 0.2) is 42.5 Å². The van der Waals surface area contributed by atoms with Crippen LogP contribution in [-0.4, -0.2) is 28.8 Å². The number of H-pyrrole nitrogens is 1. The highest BCUT2D eigenvalue weighted by Crippen LogP contribution is 2.29. The molecule has 0 aliphatic heterocycles. The molecule has 0 spiro atoms. The molecule has 6 N–H and O–H groups in total. The molecule has 7 nitrogen and oxygen atoms in total. The number of hydrogen-bond acceptors (Lipinski definition) is 4. The lowest BCUT2D eigenvalue weighted by Crippen LogP contribution is -2.38. The third-order valence-corrected chi connectivity index (χ3v) is 4.24. The second kappa shape index (κ2) is 6.79. The van der Waals surface area contributed by atoms with Gasteiger partial charge in [-0.05, 0) is 42.3 Å². The molecule has 2 aromatic carbocycles. The topological polar surface area (TPSA) is 121 Å². The van der Waals surface area contributed by atoms with Crippen molar-refractivity contribution in [1.82, 2.24) is 9.88 Å². The molecule has 0 atom stereocenters. The molecule has 26 heavy (non-hydrogen) atoms. The fraction of sp³-hybridized carbons (Fsp3) is 0.158. The number of anilines is 1. The van der Waals surface area contributed by atoms with Gasteiger partial charge < -0.3 is 21.2 Å². The summed E-state index contributed by atoms with van der Waals surface area (Å²) in [6.07, 6.45) is 0. The summed E-state index contributed by atoms with van der Waals surface area (Å²) in [5, 5.41) is 8.30. The van der Waals surface area contributed by atoms with Crippen LogP contribution >= 0.6 is 0 Å². The highest BCUT2D eigenvalue weighted by atomic mass is 16.5. The molecule has 7 heteroatoms. The summed E-state index contributed by atoms with van der Waals surface area (Å²) in [5.74, 6) is -0.0465. The Morgan fingerprint density at radius 3 is 2.58 bits per heavy atom. The lowest BCUT2D eigenvalue weighted by molar-refractivity contribution is 0.0864. The molecule has 1 heterocycles. The number of aromatic nitrogens is 1. The zero-order chi connectivity index (χ0) is 18.8. The average molecular weight is 351 g/mol. The van der Waals surface area contributed by atoms with Crippen LogP contribution in [0.2, 0.25) is 0 Å². The molecule has 0 fully saturated rings. The standard InChI is InChI=1S/C19H21N5O2/c1-11-3-8-16(26-10-12-4-6-13(20)7-5-12)17-14(11)9-15(23-17)18(25)24(2)19(21)22/h3-9,23H,10,20H2,1-2H3,(H3,21,22). The number of amides is 1. The van der Waals surface area contributed by atoms with E-state index in [9.17, 15) is 4.79 Å². The van der Waals surface area contributed by atoms with Gasteiger partial charge in [0.15, 0.2) is 5.96 Å². The highest BCUT2D eigenvalue weighted by molar-refractivity contribution is 6.06. The molecule has 3 aromatic rings. The first-order valence-electron chi connectivity index (χ1n) is 8.08. The molecule has 0 aliphatic rings. The number of ether oxygens (including phenoxy) is 1. The van der Waals surface area contributed by atoms with Crippen molar-refractivity contribution >= 4 is 28.5 Å². The summed E-state index contributed by atoms with van der Waals surface area (Å²) in [6, 6.07) is 13.0. The van der Waals surface area contributed by atoms with Gasteiger partial charge in [0.2, 0.25) is 0 Å². The number of hydrogen-bond donors (Lipinski definition) is 4. The number of guanidine groups is 1. The van der Waals surface area contributed by atoms with Crippen molar-refractivity contribution in [3.8, 4) is 5.75 Å². The van der Waals surface area contributed by atoms with Gasteiger partial charge in [-0.2, -0.15) is 0 Å². The minimum absolute atomic E-state index is 0.315. The summed E-state index contributed by atoms with van der Waals surface area (Å²) < 4.78 is 5.94. The van der Waals surface area contributed by atoms with Crippen LogP contribution < -0.4 is 16.2 Å². The maximum atomic E-state index is 12.4. The number of nitrogen functional groups attached to an aromatic ring is 1. The summed E-state index contributed by atoms with van der Waals surface area (Å²) in [4.78, 5) is 16.6. The van der Waals surface area contributed by atoms with E-state index in [1.807, 2.05) is 43.3 Å². The Balaban J connectivity index is 1.91. The molecule has 1 aromatic heterocycles. The Hall–Kier alpha value is -3.48. The van der Waals surface area contributed by atoms with E-state index in [0.29, 0.717) is 23.7 Å². The monoisotopic (exact) mass is 351 g/mol. The normalized spacial score (nSPS) is 10.7. The number of rotatable bonds is 4. The Labute approximate surface area is 151 Å². The quantitative estimate of drug-likeness (QED) is 0.328. The number of aromatic amines is 1. The summed E-state index contributed by atoms with van der Waals surface area (Å²) >= 11 is 0. The lowest BCUT2D eigenvalue weighted by atomic mass is 10.1. The fourth-order valence-electron chi connectivity index (χ4n) is 2.63. The molecular formula is C19H21N5O2. The second-order valence-electron chi connectivity index (χ2n) is 6.13. The summed E-state index contributed by atoms with van der Waals surface area (Å²) in [6.45, 7) is 2.34. The van der Waals surface area contributed by atoms with Crippen LogP contribution in [-0.2, 0) is 6.61 Å². The van der Waals surface area contributed by atoms with Gasteiger partial charge in [0.05, 0.1) is 5.52 Å². The van der Waals surface area contributed by atoms with Gasteiger partial charge >= 0.3 is 0 Å². The molecule has 0 radical (unpaired) electrons. The summed E-state index contributed by atoms with van der Waals surface area (Å²) in [5.41, 5.74) is 14.9. The average Bonchev–Trinajstić information content (AvgIpc) is 3.07. The molecule has 0 aliphatic carbocycles. The van der Waals surface area contributed by atoms with Gasteiger partial charge in [0, 0.05) is 18.1 Å². The van der Waals surface area contributed by atoms with Gasteiger partial charge in [-0.15, -0.1) is 0 Å². The van der Waals surface area contributed by atoms with E-state index in [4.69, 9.17) is 21.6 Å². The minimum Gasteiger partial charge on any atom is -0.487 e. The van der Waals surface area contributed by atoms with Crippen LogP contribution in [0.4, 0.5) is 5.69 Å². The predicted octanol–water partition coefficient (Wildman–Crippen LogP) is 2.60. The smallest absolute Gasteiger partial charge is 0.276 e. The van der Waals surface area contributed by atoms with Crippen LogP contribution in [0.5, 0.6) is 5.75 Å². The van der Waals surface area contributed by atoms with Crippen molar-refractivity contribution in [3.05, 3.63) is 59.3 Å². The Bertz CT molecular complexity index is 976. The Morgan fingerprint density at radius 2 is 1.92 bits per heavy atom. The predicted molar refractivity (Wildman–Crippen MR) is 102 cm³/mol. The number of nitrogens with one attached hydrogen (secondary N) is 2. The van der Waals surface area contributed by atoms with Gasteiger partial charge in [-0.25, -0.2) is 0 Å². The first kappa shape index (κ1) is 17.3. The van der Waals surface area contributed by atoms with E-state index in [-0.39, 0.29) is 11.9 Å². The third kappa shape index (κ3) is 3.32. The molecule has 0 saturated heterocycles. The number of aryl methyl sites for hydroxylation is 1. The largest absolute Gasteiger partial charge is 0.487 e. The molecule has 134 valence electrons. The maximum absolute atomic E-state index is 12.4. The van der Waals surface area contributed by atoms with E-state index >= 15 is 0 Å². The number of nitrogens with zero attached hydrogens (tertiary/aromatic N) is 1. The van der Waals surface area contributed by atoms with Crippen molar-refractivity contribution in [2.24, 2.45) is 5.73 Å². The Kier molecular flexibility index (Phi) is 4.53. The van der Waals surface area contributed by atoms with Crippen LogP contribution in [0, 0.1) is 12.3 Å². The number of fused-ring (bicyclic) bond motifs is 1. The fourth-order valence-corrected chi connectivity index (χ4v) is 2.63. The SMILES string of the molecule is Cc1ccc(OCc2ccc(N)cc2)c2[nH]c(C(=O)N(C)C(=N)N)cc12. The molecule has 1 amide bonds. The number of carbonyl (C=O) groups is 1. The van der Waals surface area contributed by atoms with Crippen molar-refractivity contribution < 1.29 is 9.53 Å². The van der Waals surface area contributed by atoms with Crippen LogP contribution in [0.25, 0.3) is 10.9 Å². The van der Waals surface area contributed by atoms with Crippen LogP contribution in [0.3, 0.4) is 0 Å². The van der Waals surface area contributed by atoms with Gasteiger partial charge in [0.1, 0.15) is 18.1 Å². The first-order chi connectivity index (χ1) is 12.4. The minimum atomic E-state index is -0.377. The molecular weight excluding hydrogens is 330 g/mol. The molecule has 0 bridgehead atoms. The molecule has 0 unspecified atom stereocenters. The molecule has 3 rings (SSSR count). The van der Waals surface area contributed by atoms with Crippen molar-refractivity contribution in [2.45, 2.75) is 13.5 Å². The number of benzene rings is 2. The number of nitrogens with two attached hydrogens (primary N) is 2. The van der Waals surface area contributed by atoms with Crippen molar-refractivity contribution in [2.75, 3.05) is 12.8 Å². The van der Waals surface area contributed by atoms with E-state index in [2.05, 4.69) is 4.98 Å². The first-order valence-corrected chi connectivity index (χ1v) is 8.08. The van der Waals surface area contributed by atoms with Crippen molar-refractivity contribution in [3.63, 3.8) is 0 Å². The van der Waals surface area contributed by atoms with E-state index in [1.54, 1.807) is 6.07 Å². The van der Waals surface area contributed by atoms with Crippen molar-refractivity contribution in [1.29, 1.82) is 5.41 Å². The van der Waals surface area contributed by atoms with E-state index < -0.39 is 0 Å². The zero-order valence-electron chi connectivity index (χ0n) is 14.7. The maximum Gasteiger partial charge on any atom is 0.276 e. The van der Waals surface area contributed by atoms with E-state index in [1.165, 1.54) is 7.05 Å². The highest BCUT2D eigenvalue weighted by Gasteiger charge is 2.18. The second-order valence-corrected chi connectivity index (χ2v) is 6.13. The van der Waals surface area contributed by atoms with E-state index in [0.717, 1.165) is 26.9 Å².